The number of nitrogens with two attached hydrogens (primary N) is 1. The molecule has 3 rings (SSSR count). The van der Waals surface area contributed by atoms with Gasteiger partial charge in [0.1, 0.15) is 17.5 Å². The highest BCUT2D eigenvalue weighted by Gasteiger charge is 2.16. The maximum atomic E-state index is 13.0. The summed E-state index contributed by atoms with van der Waals surface area (Å²) in [6.07, 6.45) is 1.52. The number of hydrogen-bond acceptors (Lipinski definition) is 6. The standard InChI is InChI=1S/C16H16FN7O/c1-10-15(16(25)20-8-14-19-7-6-13(18)21-14)22-23-24(10)9-11-2-4-12(17)5-3-11/h2-7H,8-9H2,1H3,(H,20,25)(H2,18,19,21). The molecule has 0 unspecified atom stereocenters. The van der Waals surface area contributed by atoms with Crippen LogP contribution in [-0.4, -0.2) is 30.9 Å². The van der Waals surface area contributed by atoms with E-state index in [1.165, 1.54) is 18.3 Å². The molecule has 0 fully saturated rings. The van der Waals surface area contributed by atoms with Crippen molar-refractivity contribution < 1.29 is 9.18 Å². The molecule has 0 aliphatic heterocycles. The first kappa shape index (κ1) is 16.5. The number of hydrogen-bond donors (Lipinski definition) is 2. The van der Waals surface area contributed by atoms with E-state index < -0.39 is 0 Å². The van der Waals surface area contributed by atoms with Crippen LogP contribution in [0.1, 0.15) is 27.6 Å². The highest BCUT2D eigenvalue weighted by molar-refractivity contribution is 5.93. The summed E-state index contributed by atoms with van der Waals surface area (Å²) in [5.74, 6) is 0.0576. The summed E-state index contributed by atoms with van der Waals surface area (Å²) in [5.41, 5.74) is 7.25. The molecule has 0 bridgehead atoms. The summed E-state index contributed by atoms with van der Waals surface area (Å²) in [7, 11) is 0. The van der Waals surface area contributed by atoms with Crippen LogP contribution in [0.4, 0.5) is 10.2 Å². The Labute approximate surface area is 142 Å². The molecule has 0 saturated heterocycles. The molecule has 2 heterocycles. The minimum absolute atomic E-state index is 0.133. The summed E-state index contributed by atoms with van der Waals surface area (Å²) >= 11 is 0. The normalized spacial score (nSPS) is 10.6. The summed E-state index contributed by atoms with van der Waals surface area (Å²) in [6.45, 7) is 2.27. The number of halogens is 1. The predicted molar refractivity (Wildman–Crippen MR) is 87.9 cm³/mol. The molecule has 1 aromatic carbocycles. The van der Waals surface area contributed by atoms with E-state index in [0.717, 1.165) is 5.56 Å². The molecule has 8 nitrogen and oxygen atoms in total. The molecular formula is C16H16FN7O. The second kappa shape index (κ2) is 7.04. The Morgan fingerprint density at radius 2 is 2.04 bits per heavy atom. The van der Waals surface area contributed by atoms with Crippen molar-refractivity contribution in [1.29, 1.82) is 0 Å². The van der Waals surface area contributed by atoms with E-state index in [4.69, 9.17) is 5.73 Å². The van der Waals surface area contributed by atoms with Gasteiger partial charge in [0.25, 0.3) is 5.91 Å². The van der Waals surface area contributed by atoms with Crippen LogP contribution in [0.3, 0.4) is 0 Å². The van der Waals surface area contributed by atoms with Gasteiger partial charge in [-0.2, -0.15) is 0 Å². The Hall–Kier alpha value is -3.36. The van der Waals surface area contributed by atoms with Gasteiger partial charge in [0.2, 0.25) is 0 Å². The molecule has 1 amide bonds. The average Bonchev–Trinajstić information content (AvgIpc) is 2.96. The Balaban J connectivity index is 1.67. The zero-order chi connectivity index (χ0) is 17.8. The lowest BCUT2D eigenvalue weighted by Gasteiger charge is -2.05. The summed E-state index contributed by atoms with van der Waals surface area (Å²) in [6, 6.07) is 7.64. The molecule has 2 aromatic heterocycles. The average molecular weight is 341 g/mol. The Kier molecular flexibility index (Phi) is 4.64. The molecular weight excluding hydrogens is 325 g/mol. The lowest BCUT2D eigenvalue weighted by Crippen LogP contribution is -2.25. The molecule has 0 aliphatic rings. The first-order valence-electron chi connectivity index (χ1n) is 7.53. The van der Waals surface area contributed by atoms with Crippen molar-refractivity contribution in [3.63, 3.8) is 0 Å². The van der Waals surface area contributed by atoms with Crippen molar-refractivity contribution in [2.75, 3.05) is 5.73 Å². The number of carbonyl (C=O) groups is 1. The van der Waals surface area contributed by atoms with E-state index in [-0.39, 0.29) is 24.0 Å². The number of anilines is 1. The van der Waals surface area contributed by atoms with Crippen molar-refractivity contribution in [3.05, 3.63) is 65.1 Å². The summed E-state index contributed by atoms with van der Waals surface area (Å²) in [4.78, 5) is 20.3. The molecule has 0 spiro atoms. The number of nitrogens with one attached hydrogen (secondary N) is 1. The Morgan fingerprint density at radius 1 is 1.28 bits per heavy atom. The van der Waals surface area contributed by atoms with E-state index in [2.05, 4.69) is 25.6 Å². The van der Waals surface area contributed by atoms with Crippen LogP contribution in [0.2, 0.25) is 0 Å². The third kappa shape index (κ3) is 3.94. The smallest absolute Gasteiger partial charge is 0.274 e. The Morgan fingerprint density at radius 3 is 2.76 bits per heavy atom. The number of rotatable bonds is 5. The largest absolute Gasteiger partial charge is 0.384 e. The van der Waals surface area contributed by atoms with Crippen molar-refractivity contribution >= 4 is 11.7 Å². The number of aromatic nitrogens is 5. The number of benzene rings is 1. The van der Waals surface area contributed by atoms with Crippen LogP contribution in [0, 0.1) is 12.7 Å². The van der Waals surface area contributed by atoms with Gasteiger partial charge in [-0.1, -0.05) is 17.3 Å². The fourth-order valence-corrected chi connectivity index (χ4v) is 2.23. The van der Waals surface area contributed by atoms with Crippen molar-refractivity contribution in [3.8, 4) is 0 Å². The first-order valence-corrected chi connectivity index (χ1v) is 7.53. The van der Waals surface area contributed by atoms with Crippen LogP contribution < -0.4 is 11.1 Å². The summed E-state index contributed by atoms with van der Waals surface area (Å²) in [5, 5.41) is 10.6. The van der Waals surface area contributed by atoms with Gasteiger partial charge in [-0.15, -0.1) is 5.10 Å². The molecule has 128 valence electrons. The lowest BCUT2D eigenvalue weighted by atomic mass is 10.2. The molecule has 3 N–H and O–H groups in total. The van der Waals surface area contributed by atoms with Crippen LogP contribution in [0.25, 0.3) is 0 Å². The van der Waals surface area contributed by atoms with Crippen LogP contribution in [-0.2, 0) is 13.1 Å². The van der Waals surface area contributed by atoms with Crippen LogP contribution >= 0.6 is 0 Å². The van der Waals surface area contributed by atoms with Crippen molar-refractivity contribution in [2.24, 2.45) is 0 Å². The topological polar surface area (TPSA) is 112 Å². The summed E-state index contributed by atoms with van der Waals surface area (Å²) < 4.78 is 14.5. The van der Waals surface area contributed by atoms with Crippen LogP contribution in [0.5, 0.6) is 0 Å². The maximum absolute atomic E-state index is 13.0. The highest BCUT2D eigenvalue weighted by Crippen LogP contribution is 2.09. The lowest BCUT2D eigenvalue weighted by molar-refractivity contribution is 0.0944. The van der Waals surface area contributed by atoms with Gasteiger partial charge < -0.3 is 11.1 Å². The first-order chi connectivity index (χ1) is 12.0. The van der Waals surface area contributed by atoms with Gasteiger partial charge >= 0.3 is 0 Å². The van der Waals surface area contributed by atoms with E-state index in [1.807, 2.05) is 0 Å². The zero-order valence-electron chi connectivity index (χ0n) is 13.5. The van der Waals surface area contributed by atoms with Crippen molar-refractivity contribution in [1.82, 2.24) is 30.3 Å². The SMILES string of the molecule is Cc1c(C(=O)NCc2nccc(N)n2)nnn1Cc1ccc(F)cc1. The Bertz CT molecular complexity index is 892. The highest BCUT2D eigenvalue weighted by atomic mass is 19.1. The number of carbonyl (C=O) groups excluding carboxylic acids is 1. The second-order valence-corrected chi connectivity index (χ2v) is 5.39. The van der Waals surface area contributed by atoms with Gasteiger partial charge in [0, 0.05) is 6.20 Å². The number of amides is 1. The van der Waals surface area contributed by atoms with Gasteiger partial charge in [-0.3, -0.25) is 4.79 Å². The van der Waals surface area contributed by atoms with Gasteiger partial charge in [0.05, 0.1) is 18.8 Å². The minimum atomic E-state index is -0.381. The van der Waals surface area contributed by atoms with Gasteiger partial charge in [0.15, 0.2) is 5.69 Å². The molecule has 25 heavy (non-hydrogen) atoms. The maximum Gasteiger partial charge on any atom is 0.274 e. The van der Waals surface area contributed by atoms with Gasteiger partial charge in [-0.25, -0.2) is 19.0 Å². The van der Waals surface area contributed by atoms with Gasteiger partial charge in [-0.05, 0) is 30.7 Å². The quantitative estimate of drug-likeness (QED) is 0.718. The molecule has 3 aromatic rings. The zero-order valence-corrected chi connectivity index (χ0v) is 13.5. The molecule has 0 atom stereocenters. The van der Waals surface area contributed by atoms with E-state index in [9.17, 15) is 9.18 Å². The molecule has 0 aliphatic carbocycles. The van der Waals surface area contributed by atoms with E-state index in [1.54, 1.807) is 29.8 Å². The fraction of sp³-hybridized carbons (Fsp3) is 0.188. The number of nitrogen functional groups attached to an aromatic ring is 1. The minimum Gasteiger partial charge on any atom is -0.384 e. The van der Waals surface area contributed by atoms with Crippen molar-refractivity contribution in [2.45, 2.75) is 20.0 Å². The molecule has 0 radical (unpaired) electrons. The molecule has 0 saturated carbocycles. The predicted octanol–water partition coefficient (Wildman–Crippen LogP) is 1.08. The third-order valence-electron chi connectivity index (χ3n) is 3.58. The fourth-order valence-electron chi connectivity index (χ4n) is 2.23. The molecule has 9 heteroatoms. The van der Waals surface area contributed by atoms with E-state index >= 15 is 0 Å². The van der Waals surface area contributed by atoms with E-state index in [0.29, 0.717) is 23.9 Å². The monoisotopic (exact) mass is 341 g/mol. The second-order valence-electron chi connectivity index (χ2n) is 5.39. The van der Waals surface area contributed by atoms with Crippen LogP contribution in [0.15, 0.2) is 36.5 Å². The third-order valence-corrected chi connectivity index (χ3v) is 3.58. The number of nitrogens with zero attached hydrogens (tertiary/aromatic N) is 5.